The monoisotopic (exact) mass is 402 g/mol. The molecule has 0 aromatic heterocycles. The second-order valence-corrected chi connectivity index (χ2v) is 7.69. The Morgan fingerprint density at radius 1 is 0.800 bits per heavy atom. The molecule has 0 saturated carbocycles. The average Bonchev–Trinajstić information content (AvgIpc) is 2.79. The van der Waals surface area contributed by atoms with Crippen LogP contribution in [0.15, 0.2) is 66.7 Å². The van der Waals surface area contributed by atoms with Crippen LogP contribution in [0.3, 0.4) is 0 Å². The van der Waals surface area contributed by atoms with E-state index in [9.17, 15) is 9.59 Å². The summed E-state index contributed by atoms with van der Waals surface area (Å²) in [6.07, 6.45) is 0.401. The number of amides is 2. The first kappa shape index (κ1) is 20.0. The second-order valence-electron chi connectivity index (χ2n) is 7.69. The van der Waals surface area contributed by atoms with Gasteiger partial charge in [0.2, 0.25) is 5.91 Å². The molecule has 1 aliphatic rings. The van der Waals surface area contributed by atoms with E-state index in [4.69, 9.17) is 4.74 Å². The minimum absolute atomic E-state index is 0.00528. The molecule has 3 aromatic carbocycles. The maximum Gasteiger partial charge on any atom is 0.260 e. The third kappa shape index (κ3) is 4.62. The van der Waals surface area contributed by atoms with E-state index < -0.39 is 0 Å². The van der Waals surface area contributed by atoms with Crippen LogP contribution in [0, 0.1) is 6.92 Å². The minimum Gasteiger partial charge on any atom is -0.483 e. The third-order valence-corrected chi connectivity index (χ3v) is 5.56. The molecule has 5 heteroatoms. The lowest BCUT2D eigenvalue weighted by atomic mass is 10.1. The Bertz CT molecular complexity index is 1030. The largest absolute Gasteiger partial charge is 0.483 e. The average molecular weight is 402 g/mol. The van der Waals surface area contributed by atoms with Gasteiger partial charge in [0.25, 0.3) is 5.91 Å². The zero-order chi connectivity index (χ0) is 20.9. The highest BCUT2D eigenvalue weighted by Gasteiger charge is 2.24. The topological polar surface area (TPSA) is 49.9 Å². The summed E-state index contributed by atoms with van der Waals surface area (Å²) in [6.45, 7) is 4.24. The van der Waals surface area contributed by atoms with E-state index >= 15 is 0 Å². The van der Waals surface area contributed by atoms with Crippen LogP contribution in [0.2, 0.25) is 0 Å². The minimum atomic E-state index is -0.0476. The van der Waals surface area contributed by atoms with Gasteiger partial charge >= 0.3 is 0 Å². The molecule has 1 aliphatic heterocycles. The predicted octanol–water partition coefficient (Wildman–Crippen LogP) is 3.44. The highest BCUT2D eigenvalue weighted by Crippen LogP contribution is 2.25. The highest BCUT2D eigenvalue weighted by molar-refractivity contribution is 5.88. The number of aryl methyl sites for hydroxylation is 1. The van der Waals surface area contributed by atoms with Crippen molar-refractivity contribution in [1.29, 1.82) is 0 Å². The molecule has 4 rings (SSSR count). The maximum atomic E-state index is 12.6. The number of rotatable bonds is 5. The molecule has 0 radical (unpaired) electrons. The third-order valence-electron chi connectivity index (χ3n) is 5.56. The number of benzene rings is 3. The summed E-state index contributed by atoms with van der Waals surface area (Å²) < 4.78 is 5.83. The molecular formula is C25H26N2O3. The zero-order valence-electron chi connectivity index (χ0n) is 17.2. The summed E-state index contributed by atoms with van der Waals surface area (Å²) in [7, 11) is 0. The first-order valence-electron chi connectivity index (χ1n) is 10.3. The number of ether oxygens (including phenoxy) is 1. The Labute approximate surface area is 176 Å². The van der Waals surface area contributed by atoms with E-state index in [0.29, 0.717) is 38.3 Å². The first-order chi connectivity index (χ1) is 14.6. The number of carbonyl (C=O) groups is 2. The molecule has 30 heavy (non-hydrogen) atoms. The smallest absolute Gasteiger partial charge is 0.260 e. The van der Waals surface area contributed by atoms with Crippen LogP contribution in [-0.2, 0) is 16.0 Å². The van der Waals surface area contributed by atoms with Gasteiger partial charge in [0.1, 0.15) is 5.75 Å². The molecule has 0 spiro atoms. The van der Waals surface area contributed by atoms with Gasteiger partial charge in [-0.1, -0.05) is 66.2 Å². The fourth-order valence-corrected chi connectivity index (χ4v) is 3.75. The number of piperazine rings is 1. The lowest BCUT2D eigenvalue weighted by Gasteiger charge is -2.34. The summed E-state index contributed by atoms with van der Waals surface area (Å²) in [5.41, 5.74) is 2.21. The number of hydrogen-bond acceptors (Lipinski definition) is 3. The van der Waals surface area contributed by atoms with Crippen LogP contribution < -0.4 is 4.74 Å². The van der Waals surface area contributed by atoms with Gasteiger partial charge < -0.3 is 14.5 Å². The SMILES string of the molecule is Cc1ccc(CC(=O)N2CCN(C(=O)COc3cccc4ccccc34)CC2)cc1. The molecular weight excluding hydrogens is 376 g/mol. The number of carbonyl (C=O) groups excluding carboxylic acids is 2. The molecule has 0 N–H and O–H groups in total. The van der Waals surface area contributed by atoms with Gasteiger partial charge in [-0.15, -0.1) is 0 Å². The van der Waals surface area contributed by atoms with E-state index in [2.05, 4.69) is 0 Å². The molecule has 1 fully saturated rings. The van der Waals surface area contributed by atoms with E-state index in [1.165, 1.54) is 5.56 Å². The second kappa shape index (κ2) is 8.99. The summed E-state index contributed by atoms with van der Waals surface area (Å²) >= 11 is 0. The molecule has 0 unspecified atom stereocenters. The van der Waals surface area contributed by atoms with Crippen LogP contribution in [0.1, 0.15) is 11.1 Å². The van der Waals surface area contributed by atoms with Crippen LogP contribution in [-0.4, -0.2) is 54.4 Å². The first-order valence-corrected chi connectivity index (χ1v) is 10.3. The zero-order valence-corrected chi connectivity index (χ0v) is 17.2. The van der Waals surface area contributed by atoms with Gasteiger partial charge in [0.05, 0.1) is 6.42 Å². The normalized spacial score (nSPS) is 14.0. The van der Waals surface area contributed by atoms with Crippen molar-refractivity contribution in [3.8, 4) is 5.75 Å². The molecule has 1 saturated heterocycles. The van der Waals surface area contributed by atoms with E-state index in [1.54, 1.807) is 4.90 Å². The number of fused-ring (bicyclic) bond motifs is 1. The molecule has 0 aliphatic carbocycles. The van der Waals surface area contributed by atoms with Crippen molar-refractivity contribution in [1.82, 2.24) is 9.80 Å². The summed E-state index contributed by atoms with van der Waals surface area (Å²) in [4.78, 5) is 28.8. The molecule has 3 aromatic rings. The molecule has 1 heterocycles. The molecule has 154 valence electrons. The quantitative estimate of drug-likeness (QED) is 0.657. The van der Waals surface area contributed by atoms with Crippen molar-refractivity contribution in [2.45, 2.75) is 13.3 Å². The lowest BCUT2D eigenvalue weighted by Crippen LogP contribution is -2.52. The van der Waals surface area contributed by atoms with Crippen molar-refractivity contribution in [2.75, 3.05) is 32.8 Å². The molecule has 0 atom stereocenters. The lowest BCUT2D eigenvalue weighted by molar-refractivity contribution is -0.140. The van der Waals surface area contributed by atoms with Gasteiger partial charge in [0.15, 0.2) is 6.61 Å². The summed E-state index contributed by atoms with van der Waals surface area (Å²) in [5.74, 6) is 0.778. The van der Waals surface area contributed by atoms with Crippen molar-refractivity contribution >= 4 is 22.6 Å². The van der Waals surface area contributed by atoms with E-state index in [1.807, 2.05) is 78.6 Å². The fraction of sp³-hybridized carbons (Fsp3) is 0.280. The van der Waals surface area contributed by atoms with Crippen LogP contribution in [0.5, 0.6) is 5.75 Å². The Balaban J connectivity index is 1.28. The molecule has 0 bridgehead atoms. The van der Waals surface area contributed by atoms with Crippen molar-refractivity contribution in [3.63, 3.8) is 0 Å². The van der Waals surface area contributed by atoms with E-state index in [0.717, 1.165) is 16.3 Å². The number of nitrogens with zero attached hydrogens (tertiary/aromatic N) is 2. The fourth-order valence-electron chi connectivity index (χ4n) is 3.75. The van der Waals surface area contributed by atoms with E-state index in [-0.39, 0.29) is 18.4 Å². The van der Waals surface area contributed by atoms with Crippen LogP contribution >= 0.6 is 0 Å². The van der Waals surface area contributed by atoms with Gasteiger partial charge in [-0.25, -0.2) is 0 Å². The standard InChI is InChI=1S/C25H26N2O3/c1-19-9-11-20(12-10-19)17-24(28)26-13-15-27(16-14-26)25(29)18-30-23-8-4-6-21-5-2-3-7-22(21)23/h2-12H,13-18H2,1H3. The van der Waals surface area contributed by atoms with Gasteiger partial charge in [-0.3, -0.25) is 9.59 Å². The summed E-state index contributed by atoms with van der Waals surface area (Å²) in [5, 5.41) is 2.09. The van der Waals surface area contributed by atoms with Gasteiger partial charge in [-0.2, -0.15) is 0 Å². The summed E-state index contributed by atoms with van der Waals surface area (Å²) in [6, 6.07) is 21.8. The highest BCUT2D eigenvalue weighted by atomic mass is 16.5. The van der Waals surface area contributed by atoms with Crippen molar-refractivity contribution in [3.05, 3.63) is 77.9 Å². The van der Waals surface area contributed by atoms with Crippen LogP contribution in [0.25, 0.3) is 10.8 Å². The Kier molecular flexibility index (Phi) is 5.98. The van der Waals surface area contributed by atoms with Crippen molar-refractivity contribution < 1.29 is 14.3 Å². The van der Waals surface area contributed by atoms with Gasteiger partial charge in [0, 0.05) is 31.6 Å². The molecule has 5 nitrogen and oxygen atoms in total. The number of hydrogen-bond donors (Lipinski definition) is 0. The predicted molar refractivity (Wildman–Crippen MR) is 117 cm³/mol. The van der Waals surface area contributed by atoms with Crippen LogP contribution in [0.4, 0.5) is 0 Å². The Morgan fingerprint density at radius 2 is 1.43 bits per heavy atom. The molecule has 2 amide bonds. The maximum absolute atomic E-state index is 12.6. The Hall–Kier alpha value is -3.34. The van der Waals surface area contributed by atoms with Gasteiger partial charge in [-0.05, 0) is 23.9 Å². The Morgan fingerprint density at radius 3 is 2.17 bits per heavy atom. The van der Waals surface area contributed by atoms with Crippen molar-refractivity contribution in [2.24, 2.45) is 0 Å².